The summed E-state index contributed by atoms with van der Waals surface area (Å²) in [7, 11) is 1.65. The third-order valence-electron chi connectivity index (χ3n) is 2.77. The zero-order valence-corrected chi connectivity index (χ0v) is 13.1. The molecule has 0 saturated heterocycles. The molecule has 2 aromatic rings. The van der Waals surface area contributed by atoms with Crippen molar-refractivity contribution in [2.75, 3.05) is 7.11 Å². The van der Waals surface area contributed by atoms with Crippen molar-refractivity contribution < 1.29 is 9.47 Å². The van der Waals surface area contributed by atoms with Gasteiger partial charge < -0.3 is 9.47 Å². The fourth-order valence-corrected chi connectivity index (χ4v) is 2.25. The highest BCUT2D eigenvalue weighted by molar-refractivity contribution is 9.10. The summed E-state index contributed by atoms with van der Waals surface area (Å²) in [6.07, 6.45) is 0. The highest BCUT2D eigenvalue weighted by atomic mass is 79.9. The molecule has 0 aliphatic rings. The molecule has 2 rings (SSSR count). The van der Waals surface area contributed by atoms with Crippen molar-refractivity contribution in [1.82, 2.24) is 0 Å². The first kappa shape index (κ1) is 14.2. The molecule has 0 aliphatic carbocycles. The van der Waals surface area contributed by atoms with Gasteiger partial charge in [-0.15, -0.1) is 0 Å². The number of rotatable bonds is 4. The predicted octanol–water partition coefficient (Wildman–Crippen LogP) is 5.00. The minimum Gasteiger partial charge on any atom is -0.496 e. The fourth-order valence-electron chi connectivity index (χ4n) is 1.73. The molecule has 4 heteroatoms. The van der Waals surface area contributed by atoms with E-state index in [9.17, 15) is 0 Å². The molecule has 0 aromatic heterocycles. The van der Waals surface area contributed by atoms with E-state index < -0.39 is 0 Å². The van der Waals surface area contributed by atoms with Gasteiger partial charge in [0.25, 0.3) is 0 Å². The maximum Gasteiger partial charge on any atom is 0.125 e. The Hall–Kier alpha value is -1.19. The predicted molar refractivity (Wildman–Crippen MR) is 81.2 cm³/mol. The summed E-state index contributed by atoms with van der Waals surface area (Å²) in [5.41, 5.74) is 1.99. The van der Waals surface area contributed by atoms with Crippen LogP contribution in [0.3, 0.4) is 0 Å². The number of ether oxygens (including phenoxy) is 2. The summed E-state index contributed by atoms with van der Waals surface area (Å²) >= 11 is 9.43. The summed E-state index contributed by atoms with van der Waals surface area (Å²) in [5.74, 6) is 1.61. The lowest BCUT2D eigenvalue weighted by molar-refractivity contribution is 0.296. The highest BCUT2D eigenvalue weighted by Gasteiger charge is 2.05. The molecule has 100 valence electrons. The Kier molecular flexibility index (Phi) is 4.72. The Morgan fingerprint density at radius 2 is 1.95 bits per heavy atom. The molecule has 0 N–H and O–H groups in total. The third kappa shape index (κ3) is 3.64. The van der Waals surface area contributed by atoms with Crippen molar-refractivity contribution in [3.8, 4) is 11.5 Å². The van der Waals surface area contributed by atoms with Gasteiger partial charge in [-0.2, -0.15) is 0 Å². The molecule has 0 aliphatic heterocycles. The first-order chi connectivity index (χ1) is 9.10. The quantitative estimate of drug-likeness (QED) is 0.779. The van der Waals surface area contributed by atoms with Crippen LogP contribution in [0.1, 0.15) is 11.1 Å². The molecule has 0 radical (unpaired) electrons. The van der Waals surface area contributed by atoms with Crippen LogP contribution < -0.4 is 9.47 Å². The monoisotopic (exact) mass is 340 g/mol. The maximum atomic E-state index is 5.98. The molecule has 0 bridgehead atoms. The van der Waals surface area contributed by atoms with Crippen molar-refractivity contribution in [3.63, 3.8) is 0 Å². The van der Waals surface area contributed by atoms with Crippen LogP contribution in [0.25, 0.3) is 0 Å². The van der Waals surface area contributed by atoms with Gasteiger partial charge in [0.05, 0.1) is 7.11 Å². The van der Waals surface area contributed by atoms with E-state index in [1.165, 1.54) is 0 Å². The number of hydrogen-bond donors (Lipinski definition) is 0. The number of methoxy groups -OCH3 is 1. The SMILES string of the molecule is COc1ccc(Br)cc1COc1ccc(Cl)c(C)c1. The molecule has 19 heavy (non-hydrogen) atoms. The second-order valence-electron chi connectivity index (χ2n) is 4.16. The first-order valence-electron chi connectivity index (χ1n) is 5.81. The van der Waals surface area contributed by atoms with Crippen LogP contribution in [0, 0.1) is 6.92 Å². The summed E-state index contributed by atoms with van der Waals surface area (Å²) in [4.78, 5) is 0. The molecular weight excluding hydrogens is 328 g/mol. The minimum absolute atomic E-state index is 0.448. The van der Waals surface area contributed by atoms with Crippen molar-refractivity contribution in [1.29, 1.82) is 0 Å². The fraction of sp³-hybridized carbons (Fsp3) is 0.200. The second-order valence-corrected chi connectivity index (χ2v) is 5.48. The summed E-state index contributed by atoms with van der Waals surface area (Å²) < 4.78 is 12.1. The maximum absolute atomic E-state index is 5.98. The molecule has 0 fully saturated rings. The zero-order chi connectivity index (χ0) is 13.8. The van der Waals surface area contributed by atoms with Gasteiger partial charge in [-0.25, -0.2) is 0 Å². The highest BCUT2D eigenvalue weighted by Crippen LogP contribution is 2.26. The van der Waals surface area contributed by atoms with Gasteiger partial charge in [0.1, 0.15) is 18.1 Å². The van der Waals surface area contributed by atoms with Crippen LogP contribution in [0.4, 0.5) is 0 Å². The Morgan fingerprint density at radius 3 is 2.63 bits per heavy atom. The Morgan fingerprint density at radius 1 is 1.16 bits per heavy atom. The second kappa shape index (κ2) is 6.31. The van der Waals surface area contributed by atoms with Gasteiger partial charge >= 0.3 is 0 Å². The van der Waals surface area contributed by atoms with Gasteiger partial charge in [-0.05, 0) is 48.9 Å². The van der Waals surface area contributed by atoms with E-state index in [4.69, 9.17) is 21.1 Å². The van der Waals surface area contributed by atoms with Crippen molar-refractivity contribution in [2.24, 2.45) is 0 Å². The van der Waals surface area contributed by atoms with E-state index in [2.05, 4.69) is 15.9 Å². The van der Waals surface area contributed by atoms with Gasteiger partial charge in [0, 0.05) is 15.1 Å². The summed E-state index contributed by atoms with van der Waals surface area (Å²) in [6, 6.07) is 11.5. The average molecular weight is 342 g/mol. The molecule has 0 saturated carbocycles. The standard InChI is InChI=1S/C15H14BrClO2/c1-10-7-13(4-5-14(10)17)19-9-11-8-12(16)3-6-15(11)18-2/h3-8H,9H2,1-2H3. The molecule has 0 spiro atoms. The van der Waals surface area contributed by atoms with E-state index in [-0.39, 0.29) is 0 Å². The molecule has 2 aromatic carbocycles. The molecule has 0 amide bonds. The van der Waals surface area contributed by atoms with Crippen LogP contribution >= 0.6 is 27.5 Å². The molecule has 0 unspecified atom stereocenters. The van der Waals surface area contributed by atoms with E-state index in [1.807, 2.05) is 43.3 Å². The van der Waals surface area contributed by atoms with Crippen LogP contribution in [-0.2, 0) is 6.61 Å². The summed E-state index contributed by atoms with van der Waals surface area (Å²) in [6.45, 7) is 2.40. The normalized spacial score (nSPS) is 10.3. The number of benzene rings is 2. The van der Waals surface area contributed by atoms with Gasteiger partial charge in [0.15, 0.2) is 0 Å². The lowest BCUT2D eigenvalue weighted by Crippen LogP contribution is -1.99. The lowest BCUT2D eigenvalue weighted by atomic mass is 10.2. The molecule has 0 atom stereocenters. The van der Waals surface area contributed by atoms with E-state index >= 15 is 0 Å². The van der Waals surface area contributed by atoms with Crippen LogP contribution in [0.15, 0.2) is 40.9 Å². The third-order valence-corrected chi connectivity index (χ3v) is 3.68. The van der Waals surface area contributed by atoms with Gasteiger partial charge in [-0.3, -0.25) is 0 Å². The van der Waals surface area contributed by atoms with Crippen molar-refractivity contribution in [3.05, 3.63) is 57.0 Å². The number of aryl methyl sites for hydroxylation is 1. The zero-order valence-electron chi connectivity index (χ0n) is 10.7. The Labute approximate surface area is 126 Å². The van der Waals surface area contributed by atoms with E-state index in [0.717, 1.165) is 32.1 Å². The summed E-state index contributed by atoms with van der Waals surface area (Å²) in [5, 5.41) is 0.743. The number of halogens is 2. The average Bonchev–Trinajstić information content (AvgIpc) is 2.40. The van der Waals surface area contributed by atoms with Crippen LogP contribution in [0.2, 0.25) is 5.02 Å². The molecule has 2 nitrogen and oxygen atoms in total. The molecular formula is C15H14BrClO2. The lowest BCUT2D eigenvalue weighted by Gasteiger charge is -2.11. The Bertz CT molecular complexity index is 584. The van der Waals surface area contributed by atoms with Crippen molar-refractivity contribution in [2.45, 2.75) is 13.5 Å². The van der Waals surface area contributed by atoms with Crippen molar-refractivity contribution >= 4 is 27.5 Å². The minimum atomic E-state index is 0.448. The van der Waals surface area contributed by atoms with Crippen LogP contribution in [0.5, 0.6) is 11.5 Å². The number of hydrogen-bond acceptors (Lipinski definition) is 2. The topological polar surface area (TPSA) is 18.5 Å². The van der Waals surface area contributed by atoms with E-state index in [1.54, 1.807) is 7.11 Å². The smallest absolute Gasteiger partial charge is 0.125 e. The van der Waals surface area contributed by atoms with Crippen LogP contribution in [-0.4, -0.2) is 7.11 Å². The molecule has 0 heterocycles. The Balaban J connectivity index is 2.13. The largest absolute Gasteiger partial charge is 0.496 e. The first-order valence-corrected chi connectivity index (χ1v) is 6.98. The van der Waals surface area contributed by atoms with E-state index in [0.29, 0.717) is 6.61 Å². The van der Waals surface area contributed by atoms with Gasteiger partial charge in [-0.1, -0.05) is 27.5 Å². The van der Waals surface area contributed by atoms with Gasteiger partial charge in [0.2, 0.25) is 0 Å².